The Hall–Kier alpha value is -1.20. The summed E-state index contributed by atoms with van der Waals surface area (Å²) in [5.41, 5.74) is 4.37. The molecule has 18 heavy (non-hydrogen) atoms. The van der Waals surface area contributed by atoms with Crippen LogP contribution >= 0.6 is 11.6 Å². The fourth-order valence-corrected chi connectivity index (χ4v) is 1.85. The third-order valence-electron chi connectivity index (χ3n) is 2.88. The van der Waals surface area contributed by atoms with Crippen molar-refractivity contribution in [2.24, 2.45) is 11.1 Å². The van der Waals surface area contributed by atoms with Crippen LogP contribution in [0.3, 0.4) is 0 Å². The van der Waals surface area contributed by atoms with Gasteiger partial charge in [-0.1, -0.05) is 11.6 Å². The molecule has 1 atom stereocenters. The normalized spacial score (nSPS) is 13.3. The van der Waals surface area contributed by atoms with Gasteiger partial charge >= 0.3 is 5.97 Å². The van der Waals surface area contributed by atoms with Gasteiger partial charge in [-0.2, -0.15) is 0 Å². The summed E-state index contributed by atoms with van der Waals surface area (Å²) in [6.07, 6.45) is 0. The number of esters is 1. The molecule has 1 aromatic carbocycles. The molecule has 0 saturated heterocycles. The molecule has 100 valence electrons. The van der Waals surface area contributed by atoms with Crippen molar-refractivity contribution in [3.05, 3.63) is 34.4 Å². The Balaban J connectivity index is 3.31. The smallest absolute Gasteiger partial charge is 0.313 e. The summed E-state index contributed by atoms with van der Waals surface area (Å²) >= 11 is 5.70. The maximum atomic E-state index is 13.7. The van der Waals surface area contributed by atoms with Crippen LogP contribution < -0.4 is 5.73 Å². The van der Waals surface area contributed by atoms with Gasteiger partial charge in [-0.3, -0.25) is 4.79 Å². The van der Waals surface area contributed by atoms with Crippen molar-refractivity contribution < 1.29 is 18.3 Å². The minimum atomic E-state index is -1.23. The molecule has 0 bridgehead atoms. The molecule has 0 radical (unpaired) electrons. The van der Waals surface area contributed by atoms with Crippen molar-refractivity contribution >= 4 is 17.6 Å². The van der Waals surface area contributed by atoms with Gasteiger partial charge in [-0.15, -0.1) is 0 Å². The number of rotatable bonds is 3. The van der Waals surface area contributed by atoms with Gasteiger partial charge in [-0.25, -0.2) is 8.78 Å². The lowest BCUT2D eigenvalue weighted by molar-refractivity contribution is -0.152. The van der Waals surface area contributed by atoms with E-state index in [1.165, 1.54) is 21.0 Å². The second kappa shape index (κ2) is 5.20. The Morgan fingerprint density at radius 3 is 2.39 bits per heavy atom. The molecule has 0 fully saturated rings. The largest absolute Gasteiger partial charge is 0.469 e. The summed E-state index contributed by atoms with van der Waals surface area (Å²) in [6, 6.07) is 0.705. The lowest BCUT2D eigenvalue weighted by atomic mass is 9.81. The molecular weight excluding hydrogens is 264 g/mol. The molecule has 6 heteroatoms. The maximum absolute atomic E-state index is 13.7. The fraction of sp³-hybridized carbons (Fsp3) is 0.417. The topological polar surface area (TPSA) is 52.3 Å². The van der Waals surface area contributed by atoms with Gasteiger partial charge in [0.05, 0.1) is 17.5 Å². The lowest BCUT2D eigenvalue weighted by Gasteiger charge is -2.29. The minimum absolute atomic E-state index is 0.230. The third kappa shape index (κ3) is 2.47. The van der Waals surface area contributed by atoms with E-state index in [1.807, 2.05) is 0 Å². The first kappa shape index (κ1) is 14.9. The van der Waals surface area contributed by atoms with Crippen molar-refractivity contribution in [3.8, 4) is 0 Å². The molecule has 0 aliphatic heterocycles. The van der Waals surface area contributed by atoms with E-state index in [9.17, 15) is 13.6 Å². The molecule has 0 unspecified atom stereocenters. The summed E-state index contributed by atoms with van der Waals surface area (Å²) < 4.78 is 31.6. The first-order valence-electron chi connectivity index (χ1n) is 5.20. The number of hydrogen-bond donors (Lipinski definition) is 1. The van der Waals surface area contributed by atoms with E-state index in [1.54, 1.807) is 0 Å². The Morgan fingerprint density at radius 2 is 1.89 bits per heavy atom. The third-order valence-corrected chi connectivity index (χ3v) is 3.26. The Kier molecular flexibility index (Phi) is 4.29. The summed E-state index contributed by atoms with van der Waals surface area (Å²) in [4.78, 5) is 11.6. The molecule has 0 amide bonds. The Bertz CT molecular complexity index is 477. The van der Waals surface area contributed by atoms with Crippen LogP contribution in [0.4, 0.5) is 8.78 Å². The zero-order chi connectivity index (χ0) is 14.1. The van der Waals surface area contributed by atoms with Crippen LogP contribution in [-0.2, 0) is 9.53 Å². The van der Waals surface area contributed by atoms with Gasteiger partial charge in [0.15, 0.2) is 0 Å². The molecule has 0 saturated carbocycles. The van der Waals surface area contributed by atoms with E-state index >= 15 is 0 Å². The molecule has 0 heterocycles. The molecular formula is C12H14ClF2NO2. The second-order valence-corrected chi connectivity index (χ2v) is 4.83. The van der Waals surface area contributed by atoms with E-state index in [-0.39, 0.29) is 5.56 Å². The number of halogens is 3. The van der Waals surface area contributed by atoms with Crippen LogP contribution in [0.2, 0.25) is 5.02 Å². The van der Waals surface area contributed by atoms with Gasteiger partial charge in [0.1, 0.15) is 11.6 Å². The maximum Gasteiger partial charge on any atom is 0.313 e. The number of methoxy groups -OCH3 is 1. The van der Waals surface area contributed by atoms with Crippen LogP contribution in [0, 0.1) is 17.0 Å². The van der Waals surface area contributed by atoms with Crippen LogP contribution in [0.25, 0.3) is 0 Å². The van der Waals surface area contributed by atoms with Crippen molar-refractivity contribution in [3.63, 3.8) is 0 Å². The minimum Gasteiger partial charge on any atom is -0.469 e. The van der Waals surface area contributed by atoms with Crippen LogP contribution in [0.5, 0.6) is 0 Å². The van der Waals surface area contributed by atoms with Crippen molar-refractivity contribution in [2.75, 3.05) is 7.11 Å². The van der Waals surface area contributed by atoms with E-state index in [0.29, 0.717) is 0 Å². The number of benzene rings is 1. The number of carbonyl (C=O) groups excluding carboxylic acids is 1. The van der Waals surface area contributed by atoms with Gasteiger partial charge in [0, 0.05) is 11.6 Å². The monoisotopic (exact) mass is 277 g/mol. The summed E-state index contributed by atoms with van der Waals surface area (Å²) in [5.74, 6) is -2.18. The fourth-order valence-electron chi connectivity index (χ4n) is 1.58. The second-order valence-electron chi connectivity index (χ2n) is 4.45. The molecule has 1 rings (SSSR count). The molecule has 0 aliphatic carbocycles. The van der Waals surface area contributed by atoms with Crippen LogP contribution in [0.15, 0.2) is 12.1 Å². The number of nitrogens with two attached hydrogens (primary N) is 1. The zero-order valence-electron chi connectivity index (χ0n) is 10.3. The van der Waals surface area contributed by atoms with Gasteiger partial charge in [0.25, 0.3) is 0 Å². The quantitative estimate of drug-likeness (QED) is 0.683. The molecule has 2 N–H and O–H groups in total. The van der Waals surface area contributed by atoms with Gasteiger partial charge < -0.3 is 10.5 Å². The highest BCUT2D eigenvalue weighted by Gasteiger charge is 2.39. The highest BCUT2D eigenvalue weighted by atomic mass is 35.5. The summed E-state index contributed by atoms with van der Waals surface area (Å²) in [5, 5.41) is -0.417. The summed E-state index contributed by atoms with van der Waals surface area (Å²) in [7, 11) is 1.19. The highest BCUT2D eigenvalue weighted by Crippen LogP contribution is 2.38. The SMILES string of the molecule is COC(=O)C(C)(C)[C@H](N)c1c(F)ccc(F)c1Cl. The predicted octanol–water partition coefficient (Wildman–Crippen LogP) is 2.82. The highest BCUT2D eigenvalue weighted by molar-refractivity contribution is 6.31. The lowest BCUT2D eigenvalue weighted by Crippen LogP contribution is -2.38. The average molecular weight is 278 g/mol. The zero-order valence-corrected chi connectivity index (χ0v) is 11.0. The average Bonchev–Trinajstić information content (AvgIpc) is 2.33. The van der Waals surface area contributed by atoms with Crippen LogP contribution in [0.1, 0.15) is 25.5 Å². The molecule has 0 aromatic heterocycles. The number of ether oxygens (including phenoxy) is 1. The molecule has 3 nitrogen and oxygen atoms in total. The standard InChI is InChI=1S/C12H14ClF2NO2/c1-12(2,11(17)18-3)10(16)8-6(14)4-5-7(15)9(8)13/h4-5,10H,16H2,1-3H3/t10-/m1/s1. The molecule has 1 aromatic rings. The van der Waals surface area contributed by atoms with Crippen molar-refractivity contribution in [2.45, 2.75) is 19.9 Å². The van der Waals surface area contributed by atoms with E-state index in [2.05, 4.69) is 4.74 Å². The van der Waals surface area contributed by atoms with E-state index in [0.717, 1.165) is 12.1 Å². The summed E-state index contributed by atoms with van der Waals surface area (Å²) in [6.45, 7) is 2.95. The van der Waals surface area contributed by atoms with Crippen molar-refractivity contribution in [1.82, 2.24) is 0 Å². The molecule has 0 spiro atoms. The number of carbonyl (C=O) groups is 1. The van der Waals surface area contributed by atoms with Gasteiger partial charge in [-0.05, 0) is 26.0 Å². The van der Waals surface area contributed by atoms with Gasteiger partial charge in [0.2, 0.25) is 0 Å². The predicted molar refractivity (Wildman–Crippen MR) is 64.1 cm³/mol. The number of hydrogen-bond acceptors (Lipinski definition) is 3. The van der Waals surface area contributed by atoms with E-state index in [4.69, 9.17) is 17.3 Å². The molecule has 0 aliphatic rings. The van der Waals surface area contributed by atoms with Crippen LogP contribution in [-0.4, -0.2) is 13.1 Å². The first-order valence-corrected chi connectivity index (χ1v) is 5.58. The van der Waals surface area contributed by atoms with E-state index < -0.39 is 34.1 Å². The Morgan fingerprint density at radius 1 is 1.39 bits per heavy atom. The van der Waals surface area contributed by atoms with Crippen molar-refractivity contribution in [1.29, 1.82) is 0 Å². The Labute approximate surface area is 109 Å². The first-order chi connectivity index (χ1) is 8.23.